The lowest BCUT2D eigenvalue weighted by atomic mass is 10.0. The molecular weight excluding hydrogens is 350 g/mol. The number of nitrogen functional groups attached to an aromatic ring is 1. The Morgan fingerprint density at radius 2 is 2.04 bits per heavy atom. The molecule has 0 spiro atoms. The van der Waals surface area contributed by atoms with Crippen LogP contribution in [0.1, 0.15) is 16.8 Å². The first kappa shape index (κ1) is 18.1. The highest BCUT2D eigenvalue weighted by Gasteiger charge is 2.20. The first-order valence-electron chi connectivity index (χ1n) is 8.16. The predicted molar refractivity (Wildman–Crippen MR) is 103 cm³/mol. The summed E-state index contributed by atoms with van der Waals surface area (Å²) in [7, 11) is 1.89. The van der Waals surface area contributed by atoms with E-state index >= 15 is 0 Å². The van der Waals surface area contributed by atoms with Gasteiger partial charge in [0.05, 0.1) is 24.6 Å². The number of nitrogens with two attached hydrogens (primary N) is 1. The van der Waals surface area contributed by atoms with Crippen molar-refractivity contribution >= 4 is 17.5 Å². The molecule has 0 saturated carbocycles. The van der Waals surface area contributed by atoms with Gasteiger partial charge in [-0.05, 0) is 5.56 Å². The van der Waals surface area contributed by atoms with Gasteiger partial charge < -0.3 is 10.5 Å². The SMILES string of the molecule is C=CCOCc1c(Cc2ccccc2)c(-c2cc(Cl)nc(N)n2)nn1C. The van der Waals surface area contributed by atoms with E-state index in [1.807, 2.05) is 29.9 Å². The fourth-order valence-corrected chi connectivity index (χ4v) is 2.96. The van der Waals surface area contributed by atoms with Crippen LogP contribution in [0, 0.1) is 0 Å². The van der Waals surface area contributed by atoms with Crippen LogP contribution in [0.25, 0.3) is 11.4 Å². The summed E-state index contributed by atoms with van der Waals surface area (Å²) in [5.74, 6) is 0.119. The molecule has 26 heavy (non-hydrogen) atoms. The van der Waals surface area contributed by atoms with Crippen molar-refractivity contribution in [2.45, 2.75) is 13.0 Å². The number of aromatic nitrogens is 4. The van der Waals surface area contributed by atoms with Crippen molar-refractivity contribution in [2.75, 3.05) is 12.3 Å². The summed E-state index contributed by atoms with van der Waals surface area (Å²) in [6.07, 6.45) is 2.41. The molecule has 0 bridgehead atoms. The number of halogens is 1. The van der Waals surface area contributed by atoms with Gasteiger partial charge in [-0.25, -0.2) is 9.97 Å². The molecule has 3 rings (SSSR count). The summed E-state index contributed by atoms with van der Waals surface area (Å²) in [6, 6.07) is 11.8. The van der Waals surface area contributed by atoms with Crippen molar-refractivity contribution in [3.63, 3.8) is 0 Å². The highest BCUT2D eigenvalue weighted by Crippen LogP contribution is 2.28. The lowest BCUT2D eigenvalue weighted by Crippen LogP contribution is -2.04. The molecule has 0 aliphatic carbocycles. The van der Waals surface area contributed by atoms with Crippen LogP contribution in [0.15, 0.2) is 49.1 Å². The molecule has 7 heteroatoms. The van der Waals surface area contributed by atoms with E-state index in [-0.39, 0.29) is 11.1 Å². The van der Waals surface area contributed by atoms with Gasteiger partial charge in [-0.2, -0.15) is 5.10 Å². The van der Waals surface area contributed by atoms with Crippen LogP contribution in [0.5, 0.6) is 0 Å². The smallest absolute Gasteiger partial charge is 0.222 e. The topological polar surface area (TPSA) is 78.8 Å². The van der Waals surface area contributed by atoms with E-state index in [1.165, 1.54) is 5.56 Å². The predicted octanol–water partition coefficient (Wildman–Crippen LogP) is 3.41. The highest BCUT2D eigenvalue weighted by atomic mass is 35.5. The minimum Gasteiger partial charge on any atom is -0.371 e. The van der Waals surface area contributed by atoms with Gasteiger partial charge in [-0.3, -0.25) is 4.68 Å². The quantitative estimate of drug-likeness (QED) is 0.392. The molecule has 2 N–H and O–H groups in total. The minimum atomic E-state index is 0.119. The third-order valence-electron chi connectivity index (χ3n) is 3.93. The summed E-state index contributed by atoms with van der Waals surface area (Å²) in [5, 5.41) is 4.93. The van der Waals surface area contributed by atoms with E-state index in [2.05, 4.69) is 33.8 Å². The maximum atomic E-state index is 6.06. The monoisotopic (exact) mass is 369 g/mol. The van der Waals surface area contributed by atoms with E-state index in [0.717, 1.165) is 17.0 Å². The second-order valence-electron chi connectivity index (χ2n) is 5.80. The molecule has 0 aliphatic rings. The zero-order valence-corrected chi connectivity index (χ0v) is 15.3. The highest BCUT2D eigenvalue weighted by molar-refractivity contribution is 6.29. The van der Waals surface area contributed by atoms with Crippen LogP contribution in [-0.2, 0) is 24.8 Å². The number of ether oxygens (including phenoxy) is 1. The van der Waals surface area contributed by atoms with Gasteiger partial charge in [0.2, 0.25) is 5.95 Å². The maximum absolute atomic E-state index is 6.06. The van der Waals surface area contributed by atoms with Crippen molar-refractivity contribution in [3.8, 4) is 11.4 Å². The first-order valence-corrected chi connectivity index (χ1v) is 8.54. The zero-order valence-electron chi connectivity index (χ0n) is 14.5. The van der Waals surface area contributed by atoms with Crippen molar-refractivity contribution in [1.29, 1.82) is 0 Å². The molecule has 0 amide bonds. The summed E-state index contributed by atoms with van der Waals surface area (Å²) >= 11 is 6.06. The molecule has 0 saturated heterocycles. The fraction of sp³-hybridized carbons (Fsp3) is 0.211. The second-order valence-corrected chi connectivity index (χ2v) is 6.18. The second kappa shape index (κ2) is 8.12. The number of hydrogen-bond acceptors (Lipinski definition) is 5. The fourth-order valence-electron chi connectivity index (χ4n) is 2.77. The average molecular weight is 370 g/mol. The van der Waals surface area contributed by atoms with Crippen molar-refractivity contribution in [3.05, 3.63) is 71.0 Å². The number of benzene rings is 1. The summed E-state index contributed by atoms with van der Waals surface area (Å²) in [4.78, 5) is 8.23. The molecule has 0 aliphatic heterocycles. The average Bonchev–Trinajstić information content (AvgIpc) is 2.91. The van der Waals surface area contributed by atoms with Crippen molar-refractivity contribution in [2.24, 2.45) is 7.05 Å². The van der Waals surface area contributed by atoms with Crippen LogP contribution < -0.4 is 5.73 Å². The van der Waals surface area contributed by atoms with Crippen molar-refractivity contribution in [1.82, 2.24) is 19.7 Å². The van der Waals surface area contributed by atoms with Gasteiger partial charge in [-0.15, -0.1) is 6.58 Å². The van der Waals surface area contributed by atoms with Gasteiger partial charge in [0.25, 0.3) is 0 Å². The lowest BCUT2D eigenvalue weighted by Gasteiger charge is -2.08. The molecule has 3 aromatic rings. The molecule has 2 heterocycles. The Balaban J connectivity index is 2.07. The Hall–Kier alpha value is -2.70. The van der Waals surface area contributed by atoms with E-state index in [1.54, 1.807) is 12.1 Å². The molecule has 1 aromatic carbocycles. The molecule has 0 unspecified atom stereocenters. The molecule has 134 valence electrons. The third kappa shape index (κ3) is 4.09. The van der Waals surface area contributed by atoms with E-state index in [4.69, 9.17) is 22.1 Å². The summed E-state index contributed by atoms with van der Waals surface area (Å²) in [5.41, 5.74) is 10.3. The zero-order chi connectivity index (χ0) is 18.5. The Kier molecular flexibility index (Phi) is 5.65. The Morgan fingerprint density at radius 3 is 2.73 bits per heavy atom. The first-order chi connectivity index (χ1) is 12.6. The molecule has 6 nitrogen and oxygen atoms in total. The maximum Gasteiger partial charge on any atom is 0.222 e. The van der Waals surface area contributed by atoms with Gasteiger partial charge in [0, 0.05) is 25.1 Å². The number of anilines is 1. The Bertz CT molecular complexity index is 888. The third-order valence-corrected chi connectivity index (χ3v) is 4.12. The van der Waals surface area contributed by atoms with Crippen LogP contribution in [0.4, 0.5) is 5.95 Å². The van der Waals surface area contributed by atoms with E-state index in [9.17, 15) is 0 Å². The largest absolute Gasteiger partial charge is 0.371 e. The number of hydrogen-bond donors (Lipinski definition) is 1. The van der Waals surface area contributed by atoms with Crippen LogP contribution in [0.3, 0.4) is 0 Å². The van der Waals surface area contributed by atoms with Crippen LogP contribution in [0.2, 0.25) is 5.15 Å². The molecular formula is C19H20ClN5O. The molecule has 0 radical (unpaired) electrons. The van der Waals surface area contributed by atoms with Crippen LogP contribution in [-0.4, -0.2) is 26.4 Å². The number of aryl methyl sites for hydroxylation is 1. The van der Waals surface area contributed by atoms with Gasteiger partial charge in [-0.1, -0.05) is 48.0 Å². The van der Waals surface area contributed by atoms with E-state index < -0.39 is 0 Å². The van der Waals surface area contributed by atoms with Gasteiger partial charge in [0.1, 0.15) is 10.8 Å². The minimum absolute atomic E-state index is 0.119. The lowest BCUT2D eigenvalue weighted by molar-refractivity contribution is 0.142. The van der Waals surface area contributed by atoms with Crippen LogP contribution >= 0.6 is 11.6 Å². The molecule has 0 atom stereocenters. The Labute approximate surface area is 157 Å². The molecule has 0 fully saturated rings. The van der Waals surface area contributed by atoms with Gasteiger partial charge >= 0.3 is 0 Å². The Morgan fingerprint density at radius 1 is 1.27 bits per heavy atom. The summed E-state index contributed by atoms with van der Waals surface area (Å²) in [6.45, 7) is 4.58. The normalized spacial score (nSPS) is 10.8. The molecule has 2 aromatic heterocycles. The van der Waals surface area contributed by atoms with Gasteiger partial charge in [0.15, 0.2) is 0 Å². The van der Waals surface area contributed by atoms with E-state index in [0.29, 0.717) is 25.3 Å². The standard InChI is InChI=1S/C19H20ClN5O/c1-3-9-26-12-16-14(10-13-7-5-4-6-8-13)18(24-25(16)2)15-11-17(20)23-19(21)22-15/h3-8,11H,1,9-10,12H2,2H3,(H2,21,22,23). The number of nitrogens with zero attached hydrogens (tertiary/aromatic N) is 4. The summed E-state index contributed by atoms with van der Waals surface area (Å²) < 4.78 is 7.47. The van der Waals surface area contributed by atoms with Crippen molar-refractivity contribution < 1.29 is 4.74 Å². The number of rotatable bonds is 7.